The molecule has 0 spiro atoms. The largest absolute Gasteiger partial charge is 0.508 e. The second-order valence-corrected chi connectivity index (χ2v) is 5.81. The van der Waals surface area contributed by atoms with E-state index < -0.39 is 0 Å². The first-order chi connectivity index (χ1) is 12.0. The molecule has 8 nitrogen and oxygen atoms in total. The Bertz CT molecular complexity index is 920. The topological polar surface area (TPSA) is 102 Å². The van der Waals surface area contributed by atoms with Crippen molar-refractivity contribution < 1.29 is 14.6 Å². The number of rotatable bonds is 5. The smallest absolute Gasteiger partial charge is 0.318 e. The molecule has 2 N–H and O–H groups in total. The molecule has 0 aliphatic rings. The molecule has 0 fully saturated rings. The van der Waals surface area contributed by atoms with Gasteiger partial charge in [-0.25, -0.2) is 15.0 Å². The van der Waals surface area contributed by atoms with E-state index in [1.807, 2.05) is 13.8 Å². The van der Waals surface area contributed by atoms with Crippen molar-refractivity contribution in [2.24, 2.45) is 0 Å². The number of ether oxygens (including phenoxy) is 2. The number of nitrogens with one attached hydrogen (secondary N) is 1. The van der Waals surface area contributed by atoms with Gasteiger partial charge in [0.25, 0.3) is 0 Å². The SMILES string of the molecule is COc1ncc(Cl)c(Nc2ncnc3cc(O)cc(OC(C)C)c23)n1. The van der Waals surface area contributed by atoms with Gasteiger partial charge in [-0.3, -0.25) is 0 Å². The molecular weight excluding hydrogens is 346 g/mol. The fourth-order valence-electron chi connectivity index (χ4n) is 2.23. The van der Waals surface area contributed by atoms with Crippen molar-refractivity contribution in [3.63, 3.8) is 0 Å². The Labute approximate surface area is 148 Å². The minimum absolute atomic E-state index is 0.0505. The molecule has 2 heterocycles. The minimum atomic E-state index is -0.0965. The maximum atomic E-state index is 9.90. The highest BCUT2D eigenvalue weighted by Crippen LogP contribution is 2.36. The summed E-state index contributed by atoms with van der Waals surface area (Å²) in [6.07, 6.45) is 2.70. The van der Waals surface area contributed by atoms with Crippen LogP contribution < -0.4 is 14.8 Å². The molecule has 0 amide bonds. The molecule has 0 saturated heterocycles. The van der Waals surface area contributed by atoms with E-state index in [9.17, 15) is 5.11 Å². The lowest BCUT2D eigenvalue weighted by molar-refractivity contribution is 0.244. The van der Waals surface area contributed by atoms with Crippen LogP contribution in [0.25, 0.3) is 10.9 Å². The fourth-order valence-corrected chi connectivity index (χ4v) is 2.37. The fraction of sp³-hybridized carbons (Fsp3) is 0.250. The van der Waals surface area contributed by atoms with E-state index in [0.717, 1.165) is 0 Å². The van der Waals surface area contributed by atoms with E-state index in [2.05, 4.69) is 25.3 Å². The van der Waals surface area contributed by atoms with Crippen LogP contribution in [0.3, 0.4) is 0 Å². The second kappa shape index (κ2) is 6.94. The number of anilines is 2. The van der Waals surface area contributed by atoms with Crippen LogP contribution in [0.4, 0.5) is 11.6 Å². The van der Waals surface area contributed by atoms with Gasteiger partial charge >= 0.3 is 6.01 Å². The second-order valence-electron chi connectivity index (χ2n) is 5.41. The van der Waals surface area contributed by atoms with E-state index in [-0.39, 0.29) is 17.9 Å². The Morgan fingerprint density at radius 1 is 1.16 bits per heavy atom. The molecule has 0 aliphatic carbocycles. The molecule has 130 valence electrons. The number of phenols is 1. The summed E-state index contributed by atoms with van der Waals surface area (Å²) in [6.45, 7) is 3.78. The van der Waals surface area contributed by atoms with E-state index in [0.29, 0.717) is 33.3 Å². The minimum Gasteiger partial charge on any atom is -0.508 e. The number of methoxy groups -OCH3 is 1. The first kappa shape index (κ1) is 17.0. The molecule has 2 aromatic heterocycles. The summed E-state index contributed by atoms with van der Waals surface area (Å²) < 4.78 is 10.8. The summed E-state index contributed by atoms with van der Waals surface area (Å²) in [5.74, 6) is 1.26. The number of fused-ring (bicyclic) bond motifs is 1. The van der Waals surface area contributed by atoms with Gasteiger partial charge in [0.1, 0.15) is 28.7 Å². The van der Waals surface area contributed by atoms with Crippen LogP contribution >= 0.6 is 11.6 Å². The summed E-state index contributed by atoms with van der Waals surface area (Å²) in [4.78, 5) is 16.5. The standard InChI is InChI=1S/C16H16ClN5O3/c1-8(2)25-12-5-9(23)4-11-13(12)15(20-7-19-11)21-14-10(17)6-18-16(22-14)24-3/h4-8,23H,1-3H3,(H,18,19,20,21,22). The lowest BCUT2D eigenvalue weighted by Crippen LogP contribution is -2.07. The van der Waals surface area contributed by atoms with Crippen LogP contribution in [0.15, 0.2) is 24.7 Å². The van der Waals surface area contributed by atoms with Gasteiger partial charge in [0.2, 0.25) is 0 Å². The average molecular weight is 362 g/mol. The summed E-state index contributed by atoms with van der Waals surface area (Å²) in [6, 6.07) is 3.21. The van der Waals surface area contributed by atoms with Gasteiger partial charge in [-0.15, -0.1) is 0 Å². The average Bonchev–Trinajstić information content (AvgIpc) is 2.56. The molecule has 0 saturated carbocycles. The van der Waals surface area contributed by atoms with Crippen LogP contribution in [0.2, 0.25) is 5.02 Å². The highest BCUT2D eigenvalue weighted by atomic mass is 35.5. The Balaban J connectivity index is 2.13. The molecule has 0 unspecified atom stereocenters. The van der Waals surface area contributed by atoms with Crippen LogP contribution in [0, 0.1) is 0 Å². The molecule has 0 atom stereocenters. The Hall–Kier alpha value is -2.87. The van der Waals surface area contributed by atoms with Gasteiger partial charge in [0, 0.05) is 12.1 Å². The van der Waals surface area contributed by atoms with Crippen LogP contribution in [0.1, 0.15) is 13.8 Å². The number of nitrogens with zero attached hydrogens (tertiary/aromatic N) is 4. The Morgan fingerprint density at radius 3 is 2.68 bits per heavy atom. The van der Waals surface area contributed by atoms with Crippen LogP contribution in [-0.2, 0) is 0 Å². The van der Waals surface area contributed by atoms with Crippen molar-refractivity contribution >= 4 is 34.1 Å². The Kier molecular flexibility index (Phi) is 4.71. The maximum absolute atomic E-state index is 9.90. The zero-order valence-corrected chi connectivity index (χ0v) is 14.6. The van der Waals surface area contributed by atoms with E-state index in [1.54, 1.807) is 0 Å². The number of benzene rings is 1. The number of halogens is 1. The summed E-state index contributed by atoms with van der Waals surface area (Å²) in [7, 11) is 1.46. The normalized spacial score (nSPS) is 10.9. The molecule has 3 rings (SSSR count). The predicted molar refractivity (Wildman–Crippen MR) is 93.8 cm³/mol. The number of hydrogen-bond acceptors (Lipinski definition) is 8. The van der Waals surface area contributed by atoms with Gasteiger partial charge in [-0.2, -0.15) is 4.98 Å². The molecule has 1 aromatic carbocycles. The third-order valence-electron chi connectivity index (χ3n) is 3.19. The lowest BCUT2D eigenvalue weighted by Gasteiger charge is -2.15. The highest BCUT2D eigenvalue weighted by Gasteiger charge is 2.15. The lowest BCUT2D eigenvalue weighted by atomic mass is 10.2. The van der Waals surface area contributed by atoms with Crippen LogP contribution in [-0.4, -0.2) is 38.3 Å². The van der Waals surface area contributed by atoms with Crippen molar-refractivity contribution in [3.8, 4) is 17.5 Å². The summed E-state index contributed by atoms with van der Waals surface area (Å²) in [5.41, 5.74) is 0.519. The molecule has 3 aromatic rings. The molecular formula is C16H16ClN5O3. The third kappa shape index (κ3) is 3.63. The molecule has 25 heavy (non-hydrogen) atoms. The molecule has 9 heteroatoms. The van der Waals surface area contributed by atoms with Gasteiger partial charge < -0.3 is 19.9 Å². The summed E-state index contributed by atoms with van der Waals surface area (Å²) >= 11 is 6.15. The monoisotopic (exact) mass is 361 g/mol. The van der Waals surface area contributed by atoms with Crippen molar-refractivity contribution in [1.29, 1.82) is 0 Å². The number of aromatic hydroxyl groups is 1. The van der Waals surface area contributed by atoms with Crippen molar-refractivity contribution in [2.75, 3.05) is 12.4 Å². The quantitative estimate of drug-likeness (QED) is 0.713. The summed E-state index contributed by atoms with van der Waals surface area (Å²) in [5, 5.41) is 13.8. The van der Waals surface area contributed by atoms with Crippen molar-refractivity contribution in [1.82, 2.24) is 19.9 Å². The van der Waals surface area contributed by atoms with Crippen molar-refractivity contribution in [2.45, 2.75) is 20.0 Å². The highest BCUT2D eigenvalue weighted by molar-refractivity contribution is 6.33. The zero-order valence-electron chi connectivity index (χ0n) is 13.8. The van der Waals surface area contributed by atoms with Crippen LogP contribution in [0.5, 0.6) is 17.5 Å². The van der Waals surface area contributed by atoms with Crippen molar-refractivity contribution in [3.05, 3.63) is 29.7 Å². The molecule has 0 aliphatic heterocycles. The Morgan fingerprint density at radius 2 is 1.96 bits per heavy atom. The van der Waals surface area contributed by atoms with E-state index >= 15 is 0 Å². The first-order valence-corrected chi connectivity index (χ1v) is 7.83. The van der Waals surface area contributed by atoms with Gasteiger partial charge in [0.15, 0.2) is 5.82 Å². The first-order valence-electron chi connectivity index (χ1n) is 7.46. The number of hydrogen-bond donors (Lipinski definition) is 2. The van der Waals surface area contributed by atoms with E-state index in [4.69, 9.17) is 21.1 Å². The van der Waals surface area contributed by atoms with E-state index in [1.165, 1.54) is 31.8 Å². The number of phenolic OH excluding ortho intramolecular Hbond substituents is 1. The maximum Gasteiger partial charge on any atom is 0.318 e. The van der Waals surface area contributed by atoms with Gasteiger partial charge in [-0.05, 0) is 13.8 Å². The van der Waals surface area contributed by atoms with Gasteiger partial charge in [-0.1, -0.05) is 11.6 Å². The number of aromatic nitrogens is 4. The third-order valence-corrected chi connectivity index (χ3v) is 3.47. The van der Waals surface area contributed by atoms with Gasteiger partial charge in [0.05, 0.1) is 30.3 Å². The predicted octanol–water partition coefficient (Wildman–Crippen LogP) is 3.32. The zero-order chi connectivity index (χ0) is 18.0. The molecule has 0 radical (unpaired) electrons. The molecule has 0 bridgehead atoms.